The molecule has 2 amide bonds. The molecule has 0 bridgehead atoms. The molecule has 1 saturated heterocycles. The molecule has 0 spiro atoms. The van der Waals surface area contributed by atoms with Crippen molar-refractivity contribution in [3.8, 4) is 0 Å². The predicted molar refractivity (Wildman–Crippen MR) is 85.6 cm³/mol. The first-order valence-corrected chi connectivity index (χ1v) is 8.89. The van der Waals surface area contributed by atoms with Crippen molar-refractivity contribution in [1.82, 2.24) is 14.9 Å². The molecule has 0 radical (unpaired) electrons. The van der Waals surface area contributed by atoms with Gasteiger partial charge >= 0.3 is 0 Å². The van der Waals surface area contributed by atoms with Crippen LogP contribution in [0.2, 0.25) is 0 Å². The van der Waals surface area contributed by atoms with Crippen molar-refractivity contribution in [3.63, 3.8) is 0 Å². The van der Waals surface area contributed by atoms with Gasteiger partial charge in [-0.2, -0.15) is 5.10 Å². The predicted octanol–water partition coefficient (Wildman–Crippen LogP) is 0.584. The quantitative estimate of drug-likeness (QED) is 0.742. The Labute approximate surface area is 138 Å². The largest absolute Gasteiger partial charge is 0.283 e. The fourth-order valence-electron chi connectivity index (χ4n) is 2.47. The van der Waals surface area contributed by atoms with Gasteiger partial charge in [-0.25, -0.2) is 13.1 Å². The summed E-state index contributed by atoms with van der Waals surface area (Å²) in [5, 5.41) is 6.55. The van der Waals surface area contributed by atoms with E-state index in [9.17, 15) is 18.0 Å². The maximum Gasteiger partial charge on any atom is 0.240 e. The second kappa shape index (κ2) is 6.54. The molecule has 9 heteroatoms. The molecular formula is C15H16N4O4S. The van der Waals surface area contributed by atoms with E-state index in [0.717, 1.165) is 10.6 Å². The van der Waals surface area contributed by atoms with Crippen molar-refractivity contribution in [2.75, 3.05) is 11.4 Å². The summed E-state index contributed by atoms with van der Waals surface area (Å²) in [7, 11) is -3.65. The molecule has 24 heavy (non-hydrogen) atoms. The average molecular weight is 348 g/mol. The molecule has 1 fully saturated rings. The van der Waals surface area contributed by atoms with Crippen molar-refractivity contribution < 1.29 is 18.0 Å². The number of anilines is 1. The number of aromatic nitrogens is 2. The van der Waals surface area contributed by atoms with Gasteiger partial charge in [0.25, 0.3) is 0 Å². The molecule has 2 aromatic rings. The van der Waals surface area contributed by atoms with E-state index in [-0.39, 0.29) is 36.1 Å². The summed E-state index contributed by atoms with van der Waals surface area (Å²) in [6.07, 6.45) is 2.47. The Morgan fingerprint density at radius 3 is 2.33 bits per heavy atom. The van der Waals surface area contributed by atoms with Gasteiger partial charge in [-0.15, -0.1) is 0 Å². The number of hydrogen-bond donors (Lipinski definition) is 2. The molecule has 126 valence electrons. The smallest absolute Gasteiger partial charge is 0.240 e. The zero-order valence-corrected chi connectivity index (χ0v) is 13.5. The molecule has 1 aliphatic rings. The number of carbonyl (C=O) groups excluding carboxylic acids is 2. The van der Waals surface area contributed by atoms with Gasteiger partial charge in [0.05, 0.1) is 10.6 Å². The van der Waals surface area contributed by atoms with Crippen molar-refractivity contribution in [1.29, 1.82) is 0 Å². The van der Waals surface area contributed by atoms with Crippen molar-refractivity contribution in [2.45, 2.75) is 24.2 Å². The van der Waals surface area contributed by atoms with E-state index in [0.29, 0.717) is 12.1 Å². The van der Waals surface area contributed by atoms with Crippen molar-refractivity contribution in [2.24, 2.45) is 0 Å². The minimum Gasteiger partial charge on any atom is -0.283 e. The van der Waals surface area contributed by atoms with E-state index in [1.165, 1.54) is 24.3 Å². The summed E-state index contributed by atoms with van der Waals surface area (Å²) in [6, 6.07) is 7.46. The lowest BCUT2D eigenvalue weighted by molar-refractivity contribution is -0.121. The number of imide groups is 1. The number of carbonyl (C=O) groups is 2. The number of H-pyrrole nitrogens is 1. The van der Waals surface area contributed by atoms with Gasteiger partial charge in [0.1, 0.15) is 0 Å². The van der Waals surface area contributed by atoms with Crippen LogP contribution in [0.3, 0.4) is 0 Å². The van der Waals surface area contributed by atoms with E-state index < -0.39 is 10.0 Å². The highest BCUT2D eigenvalue weighted by Crippen LogP contribution is 2.23. The average Bonchev–Trinajstić information content (AvgIpc) is 3.18. The van der Waals surface area contributed by atoms with Crippen LogP contribution in [0.25, 0.3) is 0 Å². The fraction of sp³-hybridized carbons (Fsp3) is 0.267. The Kier molecular flexibility index (Phi) is 4.45. The highest BCUT2D eigenvalue weighted by atomic mass is 32.2. The number of nitrogens with one attached hydrogen (secondary N) is 2. The molecule has 0 atom stereocenters. The van der Waals surface area contributed by atoms with Crippen LogP contribution in [0.5, 0.6) is 0 Å². The van der Waals surface area contributed by atoms with Crippen LogP contribution >= 0.6 is 0 Å². The number of benzene rings is 1. The normalized spacial score (nSPS) is 15.2. The van der Waals surface area contributed by atoms with Gasteiger partial charge in [0.15, 0.2) is 0 Å². The second-order valence-electron chi connectivity index (χ2n) is 5.35. The monoisotopic (exact) mass is 348 g/mol. The maximum atomic E-state index is 12.2. The zero-order chi connectivity index (χ0) is 17.2. The SMILES string of the molecule is O=C1CCC(=O)N1c1ccc(S(=O)(=O)NCCc2ccn[nH]2)cc1. The minimum absolute atomic E-state index is 0.0787. The number of nitrogens with zero attached hydrogens (tertiary/aromatic N) is 2. The van der Waals surface area contributed by atoms with Crippen molar-refractivity contribution >= 4 is 27.5 Å². The highest BCUT2D eigenvalue weighted by molar-refractivity contribution is 7.89. The molecule has 8 nitrogen and oxygen atoms in total. The van der Waals surface area contributed by atoms with E-state index in [1.54, 1.807) is 12.3 Å². The van der Waals surface area contributed by atoms with Gasteiger partial charge in [0.2, 0.25) is 21.8 Å². The number of sulfonamides is 1. The van der Waals surface area contributed by atoms with E-state index >= 15 is 0 Å². The Hall–Kier alpha value is -2.52. The number of rotatable bonds is 6. The Morgan fingerprint density at radius 1 is 1.08 bits per heavy atom. The summed E-state index contributed by atoms with van der Waals surface area (Å²) in [5.74, 6) is -0.540. The summed E-state index contributed by atoms with van der Waals surface area (Å²) in [6.45, 7) is 0.232. The van der Waals surface area contributed by atoms with Gasteiger partial charge in [-0.1, -0.05) is 0 Å². The van der Waals surface area contributed by atoms with Crippen LogP contribution in [-0.4, -0.2) is 37.0 Å². The maximum absolute atomic E-state index is 12.2. The van der Waals surface area contributed by atoms with Gasteiger partial charge in [0, 0.05) is 37.7 Å². The van der Waals surface area contributed by atoms with Crippen molar-refractivity contribution in [3.05, 3.63) is 42.2 Å². The molecule has 3 rings (SSSR count). The summed E-state index contributed by atoms with van der Waals surface area (Å²) >= 11 is 0. The van der Waals surface area contributed by atoms with E-state index in [4.69, 9.17) is 0 Å². The van der Waals surface area contributed by atoms with E-state index in [2.05, 4.69) is 14.9 Å². The van der Waals surface area contributed by atoms with Crippen LogP contribution in [0.15, 0.2) is 41.4 Å². The number of aromatic amines is 1. The second-order valence-corrected chi connectivity index (χ2v) is 7.11. The van der Waals surface area contributed by atoms with Crippen LogP contribution < -0.4 is 9.62 Å². The van der Waals surface area contributed by atoms with Gasteiger partial charge in [-0.05, 0) is 30.3 Å². The van der Waals surface area contributed by atoms with Gasteiger partial charge < -0.3 is 0 Å². The molecule has 2 heterocycles. The molecule has 0 saturated carbocycles. The Balaban J connectivity index is 1.67. The van der Waals surface area contributed by atoms with Crippen LogP contribution in [-0.2, 0) is 26.0 Å². The molecule has 0 aliphatic carbocycles. The highest BCUT2D eigenvalue weighted by Gasteiger charge is 2.30. The third-order valence-corrected chi connectivity index (χ3v) is 5.18. The first-order valence-electron chi connectivity index (χ1n) is 7.41. The molecule has 2 N–H and O–H groups in total. The molecule has 1 aromatic carbocycles. The molecular weight excluding hydrogens is 332 g/mol. The lowest BCUT2D eigenvalue weighted by Gasteiger charge is -2.14. The topological polar surface area (TPSA) is 112 Å². The zero-order valence-electron chi connectivity index (χ0n) is 12.7. The first-order chi connectivity index (χ1) is 11.5. The summed E-state index contributed by atoms with van der Waals surface area (Å²) in [5.41, 5.74) is 1.22. The lowest BCUT2D eigenvalue weighted by Crippen LogP contribution is -2.29. The van der Waals surface area contributed by atoms with Crippen LogP contribution in [0, 0.1) is 0 Å². The molecule has 0 unspecified atom stereocenters. The number of amides is 2. The Morgan fingerprint density at radius 2 is 1.75 bits per heavy atom. The number of hydrogen-bond acceptors (Lipinski definition) is 5. The third kappa shape index (κ3) is 3.36. The van der Waals surface area contributed by atoms with Crippen LogP contribution in [0.4, 0.5) is 5.69 Å². The summed E-state index contributed by atoms with van der Waals surface area (Å²) in [4.78, 5) is 24.5. The van der Waals surface area contributed by atoms with Crippen LogP contribution in [0.1, 0.15) is 18.5 Å². The standard InChI is InChI=1S/C15H16N4O4S/c20-14-5-6-15(21)19(14)12-1-3-13(4-2-12)24(22,23)17-10-8-11-7-9-16-18-11/h1-4,7,9,17H,5-6,8,10H2,(H,16,18). The lowest BCUT2D eigenvalue weighted by atomic mass is 10.3. The molecule has 1 aliphatic heterocycles. The third-order valence-electron chi connectivity index (χ3n) is 3.70. The van der Waals surface area contributed by atoms with Gasteiger partial charge in [-0.3, -0.25) is 19.6 Å². The fourth-order valence-corrected chi connectivity index (χ4v) is 3.50. The first kappa shape index (κ1) is 16.3. The summed E-state index contributed by atoms with van der Waals surface area (Å²) < 4.78 is 27.0. The minimum atomic E-state index is -3.65. The van der Waals surface area contributed by atoms with E-state index in [1.807, 2.05) is 0 Å². The Bertz CT molecular complexity index is 828. The molecule has 1 aromatic heterocycles.